The lowest BCUT2D eigenvalue weighted by atomic mass is 9.99. The van der Waals surface area contributed by atoms with Crippen LogP contribution < -0.4 is 5.32 Å². The van der Waals surface area contributed by atoms with Crippen molar-refractivity contribution in [1.29, 1.82) is 0 Å². The molecule has 1 aliphatic rings. The van der Waals surface area contributed by atoms with E-state index in [1.165, 1.54) is 4.90 Å². The van der Waals surface area contributed by atoms with Crippen LogP contribution in [0.3, 0.4) is 0 Å². The number of hydrogen-bond acceptors (Lipinski definition) is 6. The van der Waals surface area contributed by atoms with Gasteiger partial charge in [-0.25, -0.2) is 0 Å². The van der Waals surface area contributed by atoms with Gasteiger partial charge in [0.1, 0.15) is 0 Å². The molecule has 1 aliphatic heterocycles. The van der Waals surface area contributed by atoms with Crippen molar-refractivity contribution in [2.24, 2.45) is 0 Å². The number of hydrogen-bond donors (Lipinski definition) is 1. The minimum absolute atomic E-state index is 0.120. The number of rotatable bonds is 9. The molecular formula is C26H22BrClN2O4S. The third-order valence-electron chi connectivity index (χ3n) is 5.51. The van der Waals surface area contributed by atoms with Crippen molar-refractivity contribution in [2.45, 2.75) is 13.5 Å². The standard InChI is InChI=1S/C26H22BrClN2O4S/c1-16-4-2-3-5-20(16)25(32)21-8-7-19(13-22(21)28)29-23-9-6-18(27)12-17(23)14-34-11-10-30-24(31)15-35-26(30)33/h2-9,12-13,29H,10-11,14-15H2,1H3. The Morgan fingerprint density at radius 1 is 1.11 bits per heavy atom. The van der Waals surface area contributed by atoms with E-state index < -0.39 is 0 Å². The first-order valence-electron chi connectivity index (χ1n) is 10.8. The molecule has 0 radical (unpaired) electrons. The summed E-state index contributed by atoms with van der Waals surface area (Å²) in [6, 6.07) is 18.4. The first-order valence-corrected chi connectivity index (χ1v) is 13.0. The molecular weight excluding hydrogens is 552 g/mol. The van der Waals surface area contributed by atoms with Crippen molar-refractivity contribution < 1.29 is 19.1 Å². The number of aryl methyl sites for hydroxylation is 1. The number of amides is 2. The zero-order valence-corrected chi connectivity index (χ0v) is 22.0. The summed E-state index contributed by atoms with van der Waals surface area (Å²) in [5.41, 5.74) is 4.38. The minimum atomic E-state index is -0.232. The summed E-state index contributed by atoms with van der Waals surface area (Å²) in [4.78, 5) is 37.6. The Morgan fingerprint density at radius 2 is 1.91 bits per heavy atom. The van der Waals surface area contributed by atoms with Crippen LogP contribution in [0.2, 0.25) is 5.02 Å². The topological polar surface area (TPSA) is 75.7 Å². The fraction of sp³-hybridized carbons (Fsp3) is 0.192. The van der Waals surface area contributed by atoms with Crippen LogP contribution in [0.15, 0.2) is 65.1 Å². The summed E-state index contributed by atoms with van der Waals surface area (Å²) < 4.78 is 6.65. The summed E-state index contributed by atoms with van der Waals surface area (Å²) in [6.45, 7) is 2.65. The van der Waals surface area contributed by atoms with Crippen LogP contribution in [0.25, 0.3) is 0 Å². The predicted molar refractivity (Wildman–Crippen MR) is 143 cm³/mol. The van der Waals surface area contributed by atoms with Crippen LogP contribution >= 0.6 is 39.3 Å². The lowest BCUT2D eigenvalue weighted by molar-refractivity contribution is -0.125. The van der Waals surface area contributed by atoms with Gasteiger partial charge in [0.05, 0.1) is 30.5 Å². The van der Waals surface area contributed by atoms with Crippen molar-refractivity contribution in [3.8, 4) is 0 Å². The molecule has 1 N–H and O–H groups in total. The monoisotopic (exact) mass is 572 g/mol. The van der Waals surface area contributed by atoms with E-state index >= 15 is 0 Å². The molecule has 6 nitrogen and oxygen atoms in total. The highest BCUT2D eigenvalue weighted by Gasteiger charge is 2.29. The smallest absolute Gasteiger partial charge is 0.288 e. The van der Waals surface area contributed by atoms with E-state index in [0.29, 0.717) is 16.1 Å². The Labute approximate surface area is 221 Å². The molecule has 3 aromatic rings. The molecule has 3 aromatic carbocycles. The number of benzene rings is 3. The van der Waals surface area contributed by atoms with E-state index in [-0.39, 0.29) is 42.4 Å². The molecule has 0 aromatic heterocycles. The fourth-order valence-corrected chi connectivity index (χ4v) is 5.07. The number of carbonyl (C=O) groups excluding carboxylic acids is 3. The number of carbonyl (C=O) groups is 3. The van der Waals surface area contributed by atoms with Gasteiger partial charge < -0.3 is 10.1 Å². The molecule has 0 spiro atoms. The maximum Gasteiger partial charge on any atom is 0.288 e. The highest BCUT2D eigenvalue weighted by Crippen LogP contribution is 2.29. The maximum absolute atomic E-state index is 13.0. The lowest BCUT2D eigenvalue weighted by Gasteiger charge is -2.16. The zero-order valence-electron chi connectivity index (χ0n) is 18.8. The molecule has 0 saturated carbocycles. The number of thioether (sulfide) groups is 1. The van der Waals surface area contributed by atoms with Gasteiger partial charge in [0.15, 0.2) is 5.78 Å². The van der Waals surface area contributed by atoms with E-state index in [1.807, 2.05) is 49.4 Å². The zero-order chi connectivity index (χ0) is 24.9. The highest BCUT2D eigenvalue weighted by atomic mass is 79.9. The highest BCUT2D eigenvalue weighted by molar-refractivity contribution is 9.10. The van der Waals surface area contributed by atoms with Gasteiger partial charge >= 0.3 is 0 Å². The molecule has 4 rings (SSSR count). The molecule has 35 heavy (non-hydrogen) atoms. The van der Waals surface area contributed by atoms with Gasteiger partial charge in [0.25, 0.3) is 5.24 Å². The van der Waals surface area contributed by atoms with Crippen molar-refractivity contribution in [3.63, 3.8) is 0 Å². The number of anilines is 2. The number of ether oxygens (including phenoxy) is 1. The predicted octanol–water partition coefficient (Wildman–Crippen LogP) is 6.60. The number of nitrogens with zero attached hydrogens (tertiary/aromatic N) is 1. The quantitative estimate of drug-likeness (QED) is 0.230. The van der Waals surface area contributed by atoms with Gasteiger partial charge in [-0.15, -0.1) is 0 Å². The third kappa shape index (κ3) is 6.13. The molecule has 1 heterocycles. The van der Waals surface area contributed by atoms with Crippen LogP contribution in [0.1, 0.15) is 27.0 Å². The molecule has 1 saturated heterocycles. The number of ketones is 1. The molecule has 0 atom stereocenters. The molecule has 9 heteroatoms. The SMILES string of the molecule is Cc1ccccc1C(=O)c1ccc(Nc2ccc(Br)cc2COCCN2C(=O)CSC2=O)cc1Cl. The Balaban J connectivity index is 1.44. The van der Waals surface area contributed by atoms with E-state index in [2.05, 4.69) is 21.2 Å². The van der Waals surface area contributed by atoms with E-state index in [4.69, 9.17) is 16.3 Å². The minimum Gasteiger partial charge on any atom is -0.375 e. The second kappa shape index (κ2) is 11.4. The Hall–Kier alpha value is -2.65. The summed E-state index contributed by atoms with van der Waals surface area (Å²) in [6.07, 6.45) is 0. The molecule has 0 unspecified atom stereocenters. The molecule has 0 bridgehead atoms. The number of nitrogens with one attached hydrogen (secondary N) is 1. The Bertz CT molecular complexity index is 1280. The van der Waals surface area contributed by atoms with Crippen LogP contribution in [-0.2, 0) is 16.1 Å². The number of halogens is 2. The second-order valence-corrected chi connectivity index (χ2v) is 10.2. The average Bonchev–Trinajstić information content (AvgIpc) is 3.15. The van der Waals surface area contributed by atoms with Crippen LogP contribution in [-0.4, -0.2) is 40.7 Å². The molecule has 180 valence electrons. The summed E-state index contributed by atoms with van der Waals surface area (Å²) >= 11 is 11.0. The Morgan fingerprint density at radius 3 is 2.63 bits per heavy atom. The van der Waals surface area contributed by atoms with Gasteiger partial charge in [-0.05, 0) is 48.9 Å². The van der Waals surface area contributed by atoms with E-state index in [0.717, 1.165) is 38.7 Å². The van der Waals surface area contributed by atoms with Crippen molar-refractivity contribution in [3.05, 3.63) is 92.4 Å². The fourth-order valence-electron chi connectivity index (χ4n) is 3.64. The maximum atomic E-state index is 13.0. The van der Waals surface area contributed by atoms with E-state index in [1.54, 1.807) is 18.2 Å². The van der Waals surface area contributed by atoms with Gasteiger partial charge in [0, 0.05) is 32.5 Å². The first kappa shape index (κ1) is 25.4. The second-order valence-electron chi connectivity index (χ2n) is 7.92. The molecule has 0 aliphatic carbocycles. The first-order chi connectivity index (χ1) is 16.8. The van der Waals surface area contributed by atoms with Crippen LogP contribution in [0.4, 0.5) is 16.2 Å². The van der Waals surface area contributed by atoms with Gasteiger partial charge in [-0.2, -0.15) is 0 Å². The Kier molecular flexibility index (Phi) is 8.28. The molecule has 2 amide bonds. The van der Waals surface area contributed by atoms with Crippen LogP contribution in [0.5, 0.6) is 0 Å². The van der Waals surface area contributed by atoms with Gasteiger partial charge in [0.2, 0.25) is 5.91 Å². The normalized spacial score (nSPS) is 13.4. The summed E-state index contributed by atoms with van der Waals surface area (Å²) in [5.74, 6) is -0.114. The van der Waals surface area contributed by atoms with Crippen molar-refractivity contribution >= 4 is 67.6 Å². The average molecular weight is 574 g/mol. The third-order valence-corrected chi connectivity index (χ3v) is 7.17. The number of imide groups is 1. The largest absolute Gasteiger partial charge is 0.375 e. The van der Waals surface area contributed by atoms with E-state index in [9.17, 15) is 14.4 Å². The lowest BCUT2D eigenvalue weighted by Crippen LogP contribution is -2.31. The molecule has 1 fully saturated rings. The van der Waals surface area contributed by atoms with Crippen molar-refractivity contribution in [2.75, 3.05) is 24.2 Å². The van der Waals surface area contributed by atoms with Crippen LogP contribution in [0, 0.1) is 6.92 Å². The van der Waals surface area contributed by atoms with Gasteiger partial charge in [-0.3, -0.25) is 19.3 Å². The summed E-state index contributed by atoms with van der Waals surface area (Å²) in [7, 11) is 0. The van der Waals surface area contributed by atoms with Crippen molar-refractivity contribution in [1.82, 2.24) is 4.90 Å². The van der Waals surface area contributed by atoms with Gasteiger partial charge in [-0.1, -0.05) is 63.6 Å². The summed E-state index contributed by atoms with van der Waals surface area (Å²) in [5, 5.41) is 3.46.